The average Bonchev–Trinajstić information content (AvgIpc) is 3.40. The summed E-state index contributed by atoms with van der Waals surface area (Å²) >= 11 is 0. The fourth-order valence-corrected chi connectivity index (χ4v) is 10.0. The van der Waals surface area contributed by atoms with Gasteiger partial charge in [-0.05, 0) is 102 Å². The zero-order valence-electron chi connectivity index (χ0n) is 51.9. The van der Waals surface area contributed by atoms with Gasteiger partial charge in [0.25, 0.3) is 0 Å². The number of allylic oxidation sites excluding steroid dienone is 11. The number of phosphoric acid groups is 1. The fourth-order valence-electron chi connectivity index (χ4n) is 9.27. The minimum atomic E-state index is -4.46. The predicted molar refractivity (Wildman–Crippen MR) is 337 cm³/mol. The minimum absolute atomic E-state index is 0.0353. The number of carbonyl (C=O) groups excluding carboxylic acids is 2. The highest BCUT2D eigenvalue weighted by Gasteiger charge is 2.30. The number of phosphoric ester groups is 1. The number of carbonyl (C=O) groups is 2. The molecule has 0 saturated carbocycles. The van der Waals surface area contributed by atoms with Gasteiger partial charge in [-0.3, -0.25) is 18.6 Å². The first-order valence-electron chi connectivity index (χ1n) is 32.8. The highest BCUT2D eigenvalue weighted by atomic mass is 31.2. The van der Waals surface area contributed by atoms with Crippen molar-refractivity contribution in [3.05, 3.63) is 72.9 Å². The Labute approximate surface area is 483 Å². The third-order valence-corrected chi connectivity index (χ3v) is 15.4. The Hall–Kier alpha value is -2.55. The van der Waals surface area contributed by atoms with Crippen molar-refractivity contribution in [1.82, 2.24) is 5.32 Å². The van der Waals surface area contributed by atoms with Crippen molar-refractivity contribution in [3.8, 4) is 0 Å². The first-order chi connectivity index (χ1) is 37.9. The molecule has 1 amide bonds. The molecular weight excluding hydrogens is 988 g/mol. The van der Waals surface area contributed by atoms with E-state index in [9.17, 15) is 19.0 Å². The molecule has 0 aromatic rings. The third-order valence-electron chi connectivity index (χ3n) is 14.4. The summed E-state index contributed by atoms with van der Waals surface area (Å²) in [4.78, 5) is 37.8. The van der Waals surface area contributed by atoms with Crippen LogP contribution in [-0.4, -0.2) is 74.3 Å². The van der Waals surface area contributed by atoms with Crippen molar-refractivity contribution in [1.29, 1.82) is 0 Å². The molecule has 0 aliphatic carbocycles. The molecule has 78 heavy (non-hydrogen) atoms. The number of ether oxygens (including phenoxy) is 1. The van der Waals surface area contributed by atoms with Crippen LogP contribution in [0.5, 0.6) is 0 Å². The molecular formula is C68H126N2O7P+. The van der Waals surface area contributed by atoms with E-state index in [0.717, 1.165) is 89.9 Å². The Morgan fingerprint density at radius 2 is 0.782 bits per heavy atom. The SMILES string of the molecule is CCCCC/C=C\C/C=C\C/C=C\CCCCCCCCC(=O)NC(COP(=O)(O)OCC[N+](C)(C)C)C(/C=C/CCCCCCCCCCCC)OC(=O)CCCCCCCCCCCCC/C=C\C/C=C\CCCCC. The number of unbranched alkanes of at least 4 members (excludes halogenated alkanes) is 33. The summed E-state index contributed by atoms with van der Waals surface area (Å²) < 4.78 is 30.7. The largest absolute Gasteiger partial charge is 0.472 e. The van der Waals surface area contributed by atoms with E-state index in [1.54, 1.807) is 0 Å². The van der Waals surface area contributed by atoms with Gasteiger partial charge in [0.1, 0.15) is 19.3 Å². The molecule has 0 heterocycles. The molecule has 0 bridgehead atoms. The van der Waals surface area contributed by atoms with E-state index in [1.165, 1.54) is 173 Å². The van der Waals surface area contributed by atoms with Gasteiger partial charge in [0, 0.05) is 12.8 Å². The molecule has 0 radical (unpaired) electrons. The van der Waals surface area contributed by atoms with Crippen molar-refractivity contribution in [2.75, 3.05) is 40.9 Å². The number of esters is 1. The lowest BCUT2D eigenvalue weighted by Gasteiger charge is -2.27. The van der Waals surface area contributed by atoms with Crippen LogP contribution in [0.3, 0.4) is 0 Å². The van der Waals surface area contributed by atoms with Gasteiger partial charge in [0.2, 0.25) is 5.91 Å². The van der Waals surface area contributed by atoms with Gasteiger partial charge < -0.3 is 19.4 Å². The van der Waals surface area contributed by atoms with E-state index in [0.29, 0.717) is 17.4 Å². The first kappa shape index (κ1) is 75.5. The second-order valence-corrected chi connectivity index (χ2v) is 24.7. The monoisotopic (exact) mass is 1110 g/mol. The predicted octanol–water partition coefficient (Wildman–Crippen LogP) is 20.4. The normalized spacial score (nSPS) is 14.1. The van der Waals surface area contributed by atoms with Gasteiger partial charge >= 0.3 is 13.8 Å². The maximum Gasteiger partial charge on any atom is 0.472 e. The Bertz CT molecular complexity index is 1570. The van der Waals surface area contributed by atoms with Crippen LogP contribution in [0.4, 0.5) is 0 Å². The minimum Gasteiger partial charge on any atom is -0.456 e. The highest BCUT2D eigenvalue weighted by molar-refractivity contribution is 7.47. The van der Waals surface area contributed by atoms with Crippen molar-refractivity contribution in [3.63, 3.8) is 0 Å². The number of rotatable bonds is 59. The van der Waals surface area contributed by atoms with E-state index in [4.69, 9.17) is 13.8 Å². The Morgan fingerprint density at radius 1 is 0.449 bits per heavy atom. The molecule has 0 rings (SSSR count). The van der Waals surface area contributed by atoms with Crippen molar-refractivity contribution < 1.29 is 37.3 Å². The van der Waals surface area contributed by atoms with Gasteiger partial charge in [-0.1, -0.05) is 255 Å². The Balaban J connectivity index is 5.21. The van der Waals surface area contributed by atoms with E-state index in [1.807, 2.05) is 33.3 Å². The lowest BCUT2D eigenvalue weighted by molar-refractivity contribution is -0.870. The smallest absolute Gasteiger partial charge is 0.456 e. The molecule has 3 atom stereocenters. The summed E-state index contributed by atoms with van der Waals surface area (Å²) in [6, 6.07) is -0.859. The second kappa shape index (κ2) is 57.7. The van der Waals surface area contributed by atoms with Crippen LogP contribution in [0.2, 0.25) is 0 Å². The molecule has 0 aliphatic heterocycles. The van der Waals surface area contributed by atoms with E-state index in [-0.39, 0.29) is 31.5 Å². The summed E-state index contributed by atoms with van der Waals surface area (Å²) in [5.74, 6) is -0.517. The van der Waals surface area contributed by atoms with Crippen LogP contribution in [0.25, 0.3) is 0 Å². The summed E-state index contributed by atoms with van der Waals surface area (Å²) in [6.07, 6.45) is 74.6. The summed E-state index contributed by atoms with van der Waals surface area (Å²) in [6.45, 7) is 6.97. The van der Waals surface area contributed by atoms with Crippen LogP contribution in [-0.2, 0) is 27.9 Å². The van der Waals surface area contributed by atoms with Crippen LogP contribution < -0.4 is 5.32 Å². The number of quaternary nitrogens is 1. The number of nitrogens with one attached hydrogen (secondary N) is 1. The first-order valence-corrected chi connectivity index (χ1v) is 34.3. The maximum absolute atomic E-state index is 13.6. The van der Waals surface area contributed by atoms with E-state index >= 15 is 0 Å². The molecule has 3 unspecified atom stereocenters. The summed E-state index contributed by atoms with van der Waals surface area (Å²) in [7, 11) is 1.48. The topological polar surface area (TPSA) is 111 Å². The lowest BCUT2D eigenvalue weighted by atomic mass is 10.0. The molecule has 454 valence electrons. The van der Waals surface area contributed by atoms with Gasteiger partial charge in [-0.2, -0.15) is 0 Å². The van der Waals surface area contributed by atoms with Gasteiger partial charge in [-0.25, -0.2) is 4.57 Å². The second-order valence-electron chi connectivity index (χ2n) is 23.3. The number of hydrogen-bond donors (Lipinski definition) is 2. The zero-order chi connectivity index (χ0) is 57.2. The molecule has 0 aromatic carbocycles. The van der Waals surface area contributed by atoms with Gasteiger partial charge in [0.05, 0.1) is 33.8 Å². The summed E-state index contributed by atoms with van der Waals surface area (Å²) in [5, 5.41) is 3.06. The Morgan fingerprint density at radius 3 is 1.19 bits per heavy atom. The fraction of sp³-hybridized carbons (Fsp3) is 0.794. The van der Waals surface area contributed by atoms with Crippen molar-refractivity contribution in [2.24, 2.45) is 0 Å². The molecule has 10 heteroatoms. The molecule has 0 aromatic heterocycles. The van der Waals surface area contributed by atoms with Crippen molar-refractivity contribution >= 4 is 19.7 Å². The molecule has 0 fully saturated rings. The molecule has 2 N–H and O–H groups in total. The molecule has 0 saturated heterocycles. The molecule has 9 nitrogen and oxygen atoms in total. The van der Waals surface area contributed by atoms with E-state index in [2.05, 4.69) is 86.8 Å². The van der Waals surface area contributed by atoms with Crippen LogP contribution >= 0.6 is 7.82 Å². The summed E-state index contributed by atoms with van der Waals surface area (Å²) in [5.41, 5.74) is 0. The van der Waals surface area contributed by atoms with E-state index < -0.39 is 20.0 Å². The van der Waals surface area contributed by atoms with Crippen LogP contribution in [0.15, 0.2) is 72.9 Å². The van der Waals surface area contributed by atoms with Crippen molar-refractivity contribution in [2.45, 2.75) is 309 Å². The zero-order valence-corrected chi connectivity index (χ0v) is 52.8. The van der Waals surface area contributed by atoms with Gasteiger partial charge in [-0.15, -0.1) is 0 Å². The number of nitrogens with zero attached hydrogens (tertiary/aromatic N) is 1. The van der Waals surface area contributed by atoms with Crippen LogP contribution in [0, 0.1) is 0 Å². The van der Waals surface area contributed by atoms with Gasteiger partial charge in [0.15, 0.2) is 0 Å². The highest BCUT2D eigenvalue weighted by Crippen LogP contribution is 2.43. The number of amides is 1. The Kier molecular flexibility index (Phi) is 55.8. The molecule has 0 spiro atoms. The average molecular weight is 1110 g/mol. The third kappa shape index (κ3) is 58.1. The quantitative estimate of drug-likeness (QED) is 0.0205. The lowest BCUT2D eigenvalue weighted by Crippen LogP contribution is -2.47. The van der Waals surface area contributed by atoms with Crippen LogP contribution in [0.1, 0.15) is 297 Å². The number of likely N-dealkylation sites (N-methyl/N-ethyl adjacent to an activating group) is 1. The maximum atomic E-state index is 13.6. The molecule has 0 aliphatic rings. The number of hydrogen-bond acceptors (Lipinski definition) is 6. The standard InChI is InChI=1S/C68H125N2O7P/c1-7-10-13-16-19-22-25-28-30-32-34-35-37-39-41-43-46-49-52-55-58-61-68(72)77-66(59-56-53-50-47-44-27-24-21-18-15-12-9-3)65(64-76-78(73,74)75-63-62-70(4,5)6)69-67(71)60-57-54-51-48-45-42-40-38-36-33-31-29-26-23-20-17-14-11-8-2/h19-20,22-23,28-31,36,38,56,59,65-66H,7-18,21,24-27,32-35,37,39-55,57-58,60-64H2,1-6H3,(H-,69,71,73,74)/p+1/b22-19-,23-20-,30-28-,31-29-,38-36-,59-56+.